The lowest BCUT2D eigenvalue weighted by Crippen LogP contribution is -2.70. The molecule has 0 aromatic heterocycles. The summed E-state index contributed by atoms with van der Waals surface area (Å²) in [4.78, 5) is 0. The second kappa shape index (κ2) is 12.2. The molecule has 0 atom stereocenters. The molecular formula is C19H14F26O2. The van der Waals surface area contributed by atoms with Crippen LogP contribution in [0.4, 0.5) is 114 Å². The number of rotatable bonds is 16. The molecule has 0 aliphatic rings. The van der Waals surface area contributed by atoms with Gasteiger partial charge < -0.3 is 9.47 Å². The lowest BCUT2D eigenvalue weighted by atomic mass is 9.93. The molecule has 28 heteroatoms. The molecule has 0 aliphatic heterocycles. The standard InChI is InChI=1S/C19H14F26O2/c1-7(2,46-5-3-8(20,21)10(24,25)12(28,29)14(32,33)16(36,37)18(40,41)42)47-6-4-9(22,23)11(26,27)13(30,31)15(34,35)17(38,39)19(43,44)45/h3-6H2,1-2H3. The normalized spacial score (nSPS) is 16.6. The molecule has 0 saturated carbocycles. The van der Waals surface area contributed by atoms with Crippen molar-refractivity contribution in [1.29, 1.82) is 0 Å². The van der Waals surface area contributed by atoms with Gasteiger partial charge in [-0.2, -0.15) is 114 Å². The van der Waals surface area contributed by atoms with Gasteiger partial charge in [0.2, 0.25) is 0 Å². The molecule has 2 nitrogen and oxygen atoms in total. The molecule has 0 rings (SSSR count). The molecule has 0 aromatic carbocycles. The summed E-state index contributed by atoms with van der Waals surface area (Å²) in [7, 11) is 0. The summed E-state index contributed by atoms with van der Waals surface area (Å²) in [5, 5.41) is 0. The lowest BCUT2D eigenvalue weighted by molar-refractivity contribution is -0.441. The maximum absolute atomic E-state index is 13.7. The van der Waals surface area contributed by atoms with Crippen molar-refractivity contribution in [3.8, 4) is 0 Å². The average molecular weight is 768 g/mol. The first-order valence-electron chi connectivity index (χ1n) is 11.1. The molecule has 284 valence electrons. The fraction of sp³-hybridized carbons (Fsp3) is 1.00. The van der Waals surface area contributed by atoms with Crippen molar-refractivity contribution in [2.24, 2.45) is 0 Å². The smallest absolute Gasteiger partial charge is 0.350 e. The average Bonchev–Trinajstić information content (AvgIpc) is 2.80. The molecule has 0 radical (unpaired) electrons. The number of alkyl halides is 26. The maximum Gasteiger partial charge on any atom is 0.460 e. The molecule has 0 bridgehead atoms. The Labute approximate surface area is 242 Å². The van der Waals surface area contributed by atoms with Gasteiger partial charge in [-0.1, -0.05) is 0 Å². The molecule has 0 unspecified atom stereocenters. The topological polar surface area (TPSA) is 18.5 Å². The van der Waals surface area contributed by atoms with Crippen LogP contribution in [0.15, 0.2) is 0 Å². The summed E-state index contributed by atoms with van der Waals surface area (Å²) >= 11 is 0. The highest BCUT2D eigenvalue weighted by molar-refractivity contribution is 5.11. The first-order chi connectivity index (χ1) is 19.9. The molecule has 47 heavy (non-hydrogen) atoms. The zero-order valence-electron chi connectivity index (χ0n) is 22.0. The first kappa shape index (κ1) is 45.1. The van der Waals surface area contributed by atoms with Crippen molar-refractivity contribution in [3.63, 3.8) is 0 Å². The number of hydrogen-bond acceptors (Lipinski definition) is 2. The fourth-order valence-corrected chi connectivity index (χ4v) is 2.81. The molecule has 0 fully saturated rings. The van der Waals surface area contributed by atoms with E-state index in [1.165, 1.54) is 0 Å². The quantitative estimate of drug-likeness (QED) is 0.115. The van der Waals surface area contributed by atoms with Crippen molar-refractivity contribution in [2.75, 3.05) is 13.2 Å². The Hall–Kier alpha value is -1.90. The summed E-state index contributed by atoms with van der Waals surface area (Å²) in [6.45, 7) is -4.07. The lowest BCUT2D eigenvalue weighted by Gasteiger charge is -2.40. The van der Waals surface area contributed by atoms with E-state index < -0.39 is 103 Å². The van der Waals surface area contributed by atoms with Gasteiger partial charge in [0.15, 0.2) is 5.79 Å². The maximum atomic E-state index is 13.7. The van der Waals surface area contributed by atoms with Crippen LogP contribution in [0.3, 0.4) is 0 Å². The summed E-state index contributed by atoms with van der Waals surface area (Å²) < 4.78 is 348. The Balaban J connectivity index is 5.79. The van der Waals surface area contributed by atoms with Crippen molar-refractivity contribution in [1.82, 2.24) is 0 Å². The van der Waals surface area contributed by atoms with Gasteiger partial charge in [-0.15, -0.1) is 0 Å². The first-order valence-corrected chi connectivity index (χ1v) is 11.1. The van der Waals surface area contributed by atoms with Gasteiger partial charge >= 0.3 is 71.6 Å². The number of halogens is 26. The molecule has 0 aromatic rings. The zero-order valence-corrected chi connectivity index (χ0v) is 22.0. The van der Waals surface area contributed by atoms with E-state index in [1.54, 1.807) is 0 Å². The third-order valence-electron chi connectivity index (χ3n) is 5.73. The molecule has 0 saturated heterocycles. The Morgan fingerprint density at radius 3 is 0.681 bits per heavy atom. The SMILES string of the molecule is CC(C)(OCCC(F)(F)C(F)(F)C(F)(F)C(F)(F)C(F)(F)C(F)(F)F)OCCC(F)(F)C(F)(F)C(F)(F)C(F)(F)C(F)(F)C(F)(F)F. The molecule has 0 aliphatic carbocycles. The Kier molecular flexibility index (Phi) is 11.7. The van der Waals surface area contributed by atoms with E-state index >= 15 is 0 Å². The van der Waals surface area contributed by atoms with Gasteiger partial charge in [0.05, 0.1) is 13.2 Å². The van der Waals surface area contributed by atoms with Crippen LogP contribution in [0.1, 0.15) is 26.7 Å². The van der Waals surface area contributed by atoms with Crippen LogP contribution in [0.5, 0.6) is 0 Å². The van der Waals surface area contributed by atoms with Crippen LogP contribution < -0.4 is 0 Å². The number of hydrogen-bond donors (Lipinski definition) is 0. The summed E-state index contributed by atoms with van der Waals surface area (Å²) in [5.74, 6) is -81.0. The molecule has 0 spiro atoms. The van der Waals surface area contributed by atoms with Gasteiger partial charge in [-0.3, -0.25) is 0 Å². The monoisotopic (exact) mass is 768 g/mol. The van der Waals surface area contributed by atoms with E-state index in [9.17, 15) is 114 Å². The fourth-order valence-electron chi connectivity index (χ4n) is 2.81. The highest BCUT2D eigenvalue weighted by Crippen LogP contribution is 2.62. The van der Waals surface area contributed by atoms with E-state index in [1.807, 2.05) is 0 Å². The van der Waals surface area contributed by atoms with Crippen LogP contribution in [-0.4, -0.2) is 90.6 Å². The minimum absolute atomic E-state index is 0.249. The van der Waals surface area contributed by atoms with E-state index in [-0.39, 0.29) is 13.8 Å². The van der Waals surface area contributed by atoms with Crippen molar-refractivity contribution < 1.29 is 124 Å². The highest BCUT2D eigenvalue weighted by Gasteiger charge is 2.92. The Morgan fingerprint density at radius 2 is 0.489 bits per heavy atom. The summed E-state index contributed by atoms with van der Waals surface area (Å²) in [5.41, 5.74) is 0. The van der Waals surface area contributed by atoms with E-state index in [0.717, 1.165) is 0 Å². The van der Waals surface area contributed by atoms with E-state index in [0.29, 0.717) is 0 Å². The van der Waals surface area contributed by atoms with Crippen LogP contribution in [0.25, 0.3) is 0 Å². The van der Waals surface area contributed by atoms with E-state index in [2.05, 4.69) is 9.47 Å². The third kappa shape index (κ3) is 7.21. The van der Waals surface area contributed by atoms with Crippen molar-refractivity contribution in [3.05, 3.63) is 0 Å². The largest absolute Gasteiger partial charge is 0.460 e. The highest BCUT2D eigenvalue weighted by atomic mass is 19.4. The predicted molar refractivity (Wildman–Crippen MR) is 96.8 cm³/mol. The van der Waals surface area contributed by atoms with E-state index in [4.69, 9.17) is 0 Å². The minimum Gasteiger partial charge on any atom is -0.350 e. The van der Waals surface area contributed by atoms with Crippen LogP contribution in [0.2, 0.25) is 0 Å². The third-order valence-corrected chi connectivity index (χ3v) is 5.73. The van der Waals surface area contributed by atoms with Crippen molar-refractivity contribution >= 4 is 0 Å². The van der Waals surface area contributed by atoms with Gasteiger partial charge in [0, 0.05) is 12.8 Å². The van der Waals surface area contributed by atoms with Crippen LogP contribution in [-0.2, 0) is 9.47 Å². The summed E-state index contributed by atoms with van der Waals surface area (Å²) in [6.07, 6.45) is -21.5. The molecular weight excluding hydrogens is 754 g/mol. The number of ether oxygens (including phenoxy) is 2. The van der Waals surface area contributed by atoms with Crippen molar-refractivity contribution in [2.45, 2.75) is 104 Å². The molecule has 0 N–H and O–H groups in total. The van der Waals surface area contributed by atoms with Crippen LogP contribution in [0, 0.1) is 0 Å². The molecule has 0 amide bonds. The predicted octanol–water partition coefficient (Wildman–Crippen LogP) is 10.0. The zero-order chi connectivity index (χ0) is 38.7. The summed E-state index contributed by atoms with van der Waals surface area (Å²) in [6, 6.07) is 0. The van der Waals surface area contributed by atoms with Gasteiger partial charge in [0.25, 0.3) is 0 Å². The second-order valence-corrected chi connectivity index (χ2v) is 9.60. The van der Waals surface area contributed by atoms with Gasteiger partial charge in [0.1, 0.15) is 0 Å². The van der Waals surface area contributed by atoms with Gasteiger partial charge in [-0.25, -0.2) is 0 Å². The second-order valence-electron chi connectivity index (χ2n) is 9.60. The minimum atomic E-state index is -8.26. The molecule has 0 heterocycles. The van der Waals surface area contributed by atoms with Crippen LogP contribution >= 0.6 is 0 Å². The Bertz CT molecular complexity index is 985. The Morgan fingerprint density at radius 1 is 0.298 bits per heavy atom. The van der Waals surface area contributed by atoms with Gasteiger partial charge in [-0.05, 0) is 13.8 Å².